The second-order valence-electron chi connectivity index (χ2n) is 4.42. The van der Waals surface area contributed by atoms with Crippen molar-refractivity contribution in [2.75, 3.05) is 12.4 Å². The van der Waals surface area contributed by atoms with E-state index in [1.165, 1.54) is 4.57 Å². The third-order valence-electron chi connectivity index (χ3n) is 3.02. The quantitative estimate of drug-likeness (QED) is 0.791. The summed E-state index contributed by atoms with van der Waals surface area (Å²) in [6.45, 7) is 0. The summed E-state index contributed by atoms with van der Waals surface area (Å²) in [7, 11) is 1.60. The lowest BCUT2D eigenvalue weighted by Crippen LogP contribution is -2.13. The van der Waals surface area contributed by atoms with Crippen LogP contribution < -0.4 is 14.9 Å². The zero-order valence-electron chi connectivity index (χ0n) is 11.6. The van der Waals surface area contributed by atoms with Gasteiger partial charge in [0.2, 0.25) is 5.95 Å². The van der Waals surface area contributed by atoms with Crippen LogP contribution >= 0.6 is 23.1 Å². The lowest BCUT2D eigenvalue weighted by atomic mass is 10.3. The lowest BCUT2D eigenvalue weighted by molar-refractivity contribution is 0.415. The fourth-order valence-corrected chi connectivity index (χ4v) is 2.78. The fourth-order valence-electron chi connectivity index (χ4n) is 2.00. The van der Waals surface area contributed by atoms with Crippen molar-refractivity contribution >= 4 is 34.8 Å². The summed E-state index contributed by atoms with van der Waals surface area (Å²) in [5.74, 6) is 1.13. The van der Waals surface area contributed by atoms with E-state index in [-0.39, 0.29) is 4.87 Å². The number of para-hydroxylation sites is 1. The van der Waals surface area contributed by atoms with Crippen LogP contribution in [0.4, 0.5) is 11.6 Å². The number of methoxy groups -OCH3 is 1. The molecule has 7 heteroatoms. The number of nitrogens with zero attached hydrogens (tertiary/aromatic N) is 2. The molecule has 0 saturated carbocycles. The van der Waals surface area contributed by atoms with Gasteiger partial charge in [-0.05, 0) is 24.3 Å². The summed E-state index contributed by atoms with van der Waals surface area (Å²) < 4.78 is 10.8. The maximum absolute atomic E-state index is 12.1. The van der Waals surface area contributed by atoms with Crippen LogP contribution in [0.3, 0.4) is 0 Å². The molecular formula is C15H12ClN3O2S. The van der Waals surface area contributed by atoms with Crippen LogP contribution in [0.25, 0.3) is 5.69 Å². The number of hydrogen-bond acceptors (Lipinski definition) is 5. The molecule has 0 aliphatic heterocycles. The molecule has 1 N–H and O–H groups in total. The SMILES string of the molecule is COc1cccc(Nc2nsc(=O)n2-c2ccccc2Cl)c1. The summed E-state index contributed by atoms with van der Waals surface area (Å²) in [6, 6.07) is 14.5. The summed E-state index contributed by atoms with van der Waals surface area (Å²) in [4.78, 5) is 11.9. The minimum absolute atomic E-state index is 0.210. The molecule has 0 atom stereocenters. The first-order valence-electron chi connectivity index (χ1n) is 6.44. The van der Waals surface area contributed by atoms with E-state index < -0.39 is 0 Å². The zero-order valence-corrected chi connectivity index (χ0v) is 13.2. The average Bonchev–Trinajstić information content (AvgIpc) is 2.89. The third kappa shape index (κ3) is 2.84. The smallest absolute Gasteiger partial charge is 0.332 e. The summed E-state index contributed by atoms with van der Waals surface area (Å²) >= 11 is 7.05. The molecule has 0 radical (unpaired) electrons. The molecule has 5 nitrogen and oxygen atoms in total. The molecule has 0 bridgehead atoms. The number of hydrogen-bond donors (Lipinski definition) is 1. The van der Waals surface area contributed by atoms with Crippen molar-refractivity contribution in [1.29, 1.82) is 0 Å². The summed E-state index contributed by atoms with van der Waals surface area (Å²) in [5, 5.41) is 3.60. The van der Waals surface area contributed by atoms with Gasteiger partial charge in [0.25, 0.3) is 0 Å². The van der Waals surface area contributed by atoms with E-state index in [1.807, 2.05) is 36.4 Å². The van der Waals surface area contributed by atoms with Crippen LogP contribution in [-0.4, -0.2) is 16.1 Å². The molecule has 1 heterocycles. The van der Waals surface area contributed by atoms with Crippen molar-refractivity contribution in [1.82, 2.24) is 8.94 Å². The van der Waals surface area contributed by atoms with Gasteiger partial charge in [0, 0.05) is 23.3 Å². The van der Waals surface area contributed by atoms with E-state index in [1.54, 1.807) is 19.2 Å². The Balaban J connectivity index is 2.03. The Labute approximate surface area is 135 Å². The molecule has 112 valence electrons. The number of halogens is 1. The Kier molecular flexibility index (Phi) is 4.13. The number of benzene rings is 2. The maximum Gasteiger partial charge on any atom is 0.332 e. The molecule has 0 spiro atoms. The maximum atomic E-state index is 12.1. The van der Waals surface area contributed by atoms with Gasteiger partial charge < -0.3 is 10.1 Å². The third-order valence-corrected chi connectivity index (χ3v) is 3.95. The normalized spacial score (nSPS) is 10.5. The predicted octanol–water partition coefficient (Wildman–Crippen LogP) is 3.70. The molecule has 3 rings (SSSR count). The minimum atomic E-state index is -0.210. The Morgan fingerprint density at radius 3 is 2.82 bits per heavy atom. The van der Waals surface area contributed by atoms with Crippen LogP contribution in [0, 0.1) is 0 Å². The van der Waals surface area contributed by atoms with Crippen molar-refractivity contribution in [3.63, 3.8) is 0 Å². The molecule has 0 amide bonds. The number of nitrogens with one attached hydrogen (secondary N) is 1. The largest absolute Gasteiger partial charge is 0.497 e. The van der Waals surface area contributed by atoms with Crippen LogP contribution in [0.5, 0.6) is 5.75 Å². The van der Waals surface area contributed by atoms with Gasteiger partial charge in [-0.1, -0.05) is 29.8 Å². The minimum Gasteiger partial charge on any atom is -0.497 e. The number of rotatable bonds is 4. The molecule has 3 aromatic rings. The lowest BCUT2D eigenvalue weighted by Gasteiger charge is -2.10. The average molecular weight is 334 g/mol. The topological polar surface area (TPSA) is 56.1 Å². The zero-order chi connectivity index (χ0) is 15.5. The highest BCUT2D eigenvalue weighted by Gasteiger charge is 2.13. The Bertz CT molecular complexity index is 860. The fraction of sp³-hybridized carbons (Fsp3) is 0.0667. The number of aromatic nitrogens is 2. The van der Waals surface area contributed by atoms with Crippen molar-refractivity contribution in [2.45, 2.75) is 0 Å². The van der Waals surface area contributed by atoms with Gasteiger partial charge in [-0.15, -0.1) is 0 Å². The molecule has 1 aromatic heterocycles. The molecule has 0 aliphatic rings. The van der Waals surface area contributed by atoms with Crippen LogP contribution in [0.2, 0.25) is 5.02 Å². The van der Waals surface area contributed by atoms with E-state index in [4.69, 9.17) is 16.3 Å². The molecule has 2 aromatic carbocycles. The summed E-state index contributed by atoms with van der Waals surface area (Å²) in [5.41, 5.74) is 1.36. The number of ether oxygens (including phenoxy) is 1. The van der Waals surface area contributed by atoms with Crippen molar-refractivity contribution in [3.8, 4) is 11.4 Å². The van der Waals surface area contributed by atoms with Gasteiger partial charge in [0.1, 0.15) is 5.75 Å². The second-order valence-corrected chi connectivity index (χ2v) is 5.54. The van der Waals surface area contributed by atoms with Crippen molar-refractivity contribution in [2.24, 2.45) is 0 Å². The van der Waals surface area contributed by atoms with Crippen molar-refractivity contribution < 1.29 is 4.74 Å². The Morgan fingerprint density at radius 2 is 2.05 bits per heavy atom. The van der Waals surface area contributed by atoms with Crippen LogP contribution in [-0.2, 0) is 0 Å². The van der Waals surface area contributed by atoms with Gasteiger partial charge in [-0.25, -0.2) is 4.57 Å². The van der Waals surface area contributed by atoms with Gasteiger partial charge in [0.15, 0.2) is 0 Å². The van der Waals surface area contributed by atoms with E-state index in [0.29, 0.717) is 22.4 Å². The van der Waals surface area contributed by atoms with Gasteiger partial charge in [-0.2, -0.15) is 4.37 Å². The van der Waals surface area contributed by atoms with Gasteiger partial charge >= 0.3 is 4.87 Å². The highest BCUT2D eigenvalue weighted by Crippen LogP contribution is 2.25. The molecular weight excluding hydrogens is 322 g/mol. The van der Waals surface area contributed by atoms with Crippen molar-refractivity contribution in [3.05, 3.63) is 63.2 Å². The standard InChI is InChI=1S/C15H12ClN3O2S/c1-21-11-6-4-5-10(9-11)17-14-18-22-15(20)19(14)13-8-3-2-7-12(13)16/h2-9H,1H3,(H,17,18). The van der Waals surface area contributed by atoms with E-state index in [9.17, 15) is 4.79 Å². The number of anilines is 2. The molecule has 0 saturated heterocycles. The molecule has 0 aliphatic carbocycles. The van der Waals surface area contributed by atoms with Gasteiger partial charge in [0.05, 0.1) is 17.8 Å². The second kappa shape index (κ2) is 6.21. The highest BCUT2D eigenvalue weighted by atomic mass is 35.5. The molecule has 0 fully saturated rings. The first-order valence-corrected chi connectivity index (χ1v) is 7.59. The Hall–Kier alpha value is -2.31. The highest BCUT2D eigenvalue weighted by molar-refractivity contribution is 7.03. The summed E-state index contributed by atoms with van der Waals surface area (Å²) in [6.07, 6.45) is 0. The van der Waals surface area contributed by atoms with Crippen LogP contribution in [0.1, 0.15) is 0 Å². The van der Waals surface area contributed by atoms with Gasteiger partial charge in [-0.3, -0.25) is 4.79 Å². The predicted molar refractivity (Wildman–Crippen MR) is 89.0 cm³/mol. The van der Waals surface area contributed by atoms with E-state index >= 15 is 0 Å². The monoisotopic (exact) mass is 333 g/mol. The van der Waals surface area contributed by atoms with E-state index in [2.05, 4.69) is 9.69 Å². The molecule has 22 heavy (non-hydrogen) atoms. The molecule has 0 unspecified atom stereocenters. The first-order chi connectivity index (χ1) is 10.7. The first kappa shape index (κ1) is 14.6. The van der Waals surface area contributed by atoms with E-state index in [0.717, 1.165) is 17.2 Å². The van der Waals surface area contributed by atoms with Crippen LogP contribution in [0.15, 0.2) is 53.3 Å². The Morgan fingerprint density at radius 1 is 1.23 bits per heavy atom.